The van der Waals surface area contributed by atoms with Crippen LogP contribution in [0.2, 0.25) is 0 Å². The quantitative estimate of drug-likeness (QED) is 0.169. The third-order valence-corrected chi connectivity index (χ3v) is 14.5. The van der Waals surface area contributed by atoms with Crippen LogP contribution in [0.3, 0.4) is 0 Å². The molecule has 0 fully saturated rings. The lowest BCUT2D eigenvalue weighted by molar-refractivity contribution is 0.569. The molecule has 0 unspecified atom stereocenters. The Labute approximate surface area is 384 Å². The van der Waals surface area contributed by atoms with Crippen LogP contribution in [0.1, 0.15) is 104 Å². The molecule has 11 rings (SSSR count). The van der Waals surface area contributed by atoms with E-state index in [2.05, 4.69) is 185 Å². The molecule has 2 aliphatic carbocycles. The summed E-state index contributed by atoms with van der Waals surface area (Å²) in [6, 6.07) is 54.1. The number of hydrogen-bond donors (Lipinski definition) is 0. The highest BCUT2D eigenvalue weighted by molar-refractivity contribution is 6.45. The minimum Gasteiger partial charge on any atom is -0.289 e. The van der Waals surface area contributed by atoms with E-state index in [0.717, 1.165) is 44.2 Å². The van der Waals surface area contributed by atoms with Gasteiger partial charge in [0.05, 0.1) is 0 Å². The van der Waals surface area contributed by atoms with E-state index in [4.69, 9.17) is 0 Å². The molecule has 0 aliphatic heterocycles. The third-order valence-electron chi connectivity index (χ3n) is 14.5. The van der Waals surface area contributed by atoms with E-state index in [9.17, 15) is 4.79 Å². The second-order valence-electron chi connectivity index (χ2n) is 22.2. The molecule has 9 aromatic rings. The first kappa shape index (κ1) is 41.2. The zero-order chi connectivity index (χ0) is 45.5. The molecule has 0 bridgehead atoms. The van der Waals surface area contributed by atoms with E-state index in [0.29, 0.717) is 5.92 Å². The number of benzene rings is 8. The molecule has 320 valence electrons. The summed E-state index contributed by atoms with van der Waals surface area (Å²) in [5.74, 6) is 0.367. The first-order valence-electron chi connectivity index (χ1n) is 23.6. The first-order chi connectivity index (χ1) is 30.9. The SMILES string of the molecule is CC(C)c1cc(-c2c3ccccc3c(-c3cc(C(C)(C)C)cc(C(C)(C)C)c3)c3c4ccc5c6c(-c7ccccc7)c(=O)c(-c7ccccc7)c-6c6ccc(c23)c4c65)cc(C(C)(C)C)c1. The van der Waals surface area contributed by atoms with Gasteiger partial charge in [0.1, 0.15) is 0 Å². The largest absolute Gasteiger partial charge is 0.289 e. The van der Waals surface area contributed by atoms with Gasteiger partial charge in [-0.3, -0.25) is 4.79 Å². The highest BCUT2D eigenvalue weighted by atomic mass is 16.1. The maximum atomic E-state index is 15.0. The van der Waals surface area contributed by atoms with Gasteiger partial charge in [-0.05, 0) is 132 Å². The van der Waals surface area contributed by atoms with E-state index in [1.54, 1.807) is 0 Å². The molecule has 0 saturated carbocycles. The lowest BCUT2D eigenvalue weighted by atomic mass is 9.77. The van der Waals surface area contributed by atoms with Crippen molar-refractivity contribution in [2.45, 2.75) is 98.3 Å². The van der Waals surface area contributed by atoms with E-state index in [1.807, 2.05) is 36.4 Å². The lowest BCUT2D eigenvalue weighted by Crippen LogP contribution is -2.16. The summed E-state index contributed by atoms with van der Waals surface area (Å²) >= 11 is 0. The van der Waals surface area contributed by atoms with Crippen molar-refractivity contribution in [3.8, 4) is 55.6 Å². The number of rotatable bonds is 5. The van der Waals surface area contributed by atoms with Crippen LogP contribution >= 0.6 is 0 Å². The minimum absolute atomic E-state index is 0.0373. The van der Waals surface area contributed by atoms with Crippen molar-refractivity contribution in [3.05, 3.63) is 178 Å². The fourth-order valence-corrected chi connectivity index (χ4v) is 11.0. The molecular weight excluding hydrogens is 785 g/mol. The summed E-state index contributed by atoms with van der Waals surface area (Å²) in [4.78, 5) is 15.0. The normalized spacial score (nSPS) is 13.0. The Morgan fingerprint density at radius 2 is 0.692 bits per heavy atom. The predicted molar refractivity (Wildman–Crippen MR) is 282 cm³/mol. The fraction of sp³-hybridized carbons (Fsp3) is 0.234. The molecule has 2 aliphatic rings. The van der Waals surface area contributed by atoms with Gasteiger partial charge in [-0.1, -0.05) is 222 Å². The Morgan fingerprint density at radius 3 is 1.11 bits per heavy atom. The van der Waals surface area contributed by atoms with E-state index in [1.165, 1.54) is 87.6 Å². The van der Waals surface area contributed by atoms with Crippen LogP contribution < -0.4 is 5.43 Å². The van der Waals surface area contributed by atoms with Crippen LogP contribution in [0.4, 0.5) is 0 Å². The van der Waals surface area contributed by atoms with Crippen molar-refractivity contribution >= 4 is 53.9 Å². The third kappa shape index (κ3) is 6.22. The summed E-state index contributed by atoms with van der Waals surface area (Å²) in [6.07, 6.45) is 0. The van der Waals surface area contributed by atoms with Gasteiger partial charge < -0.3 is 0 Å². The van der Waals surface area contributed by atoms with Crippen molar-refractivity contribution in [3.63, 3.8) is 0 Å². The van der Waals surface area contributed by atoms with Gasteiger partial charge in [0.25, 0.3) is 0 Å². The van der Waals surface area contributed by atoms with E-state index in [-0.39, 0.29) is 21.7 Å². The second-order valence-corrected chi connectivity index (χ2v) is 22.2. The molecule has 0 N–H and O–H groups in total. The standard InChI is InChI=1S/C64H58O/c1-36(2)39-30-40(32-42(31-39)62(3,4)5)51-45-24-18-19-25-46(45)52(41-33-43(63(6,7)8)35-44(34-41)64(9,10)11)58-48-27-29-50-56-49(28-26-47(55(48)56)57(51)58)59-53(37-20-14-12-15-21-37)61(65)54(60(50)59)38-22-16-13-17-23-38/h12-36H,1-11H3. The van der Waals surface area contributed by atoms with E-state index >= 15 is 0 Å². The molecule has 0 radical (unpaired) electrons. The Morgan fingerprint density at radius 1 is 0.323 bits per heavy atom. The summed E-state index contributed by atoms with van der Waals surface area (Å²) in [5.41, 5.74) is 16.1. The van der Waals surface area contributed by atoms with Crippen molar-refractivity contribution in [1.82, 2.24) is 0 Å². The first-order valence-corrected chi connectivity index (χ1v) is 23.6. The molecule has 0 saturated heterocycles. The molecule has 9 aromatic carbocycles. The number of fused-ring (bicyclic) bond motifs is 7. The van der Waals surface area contributed by atoms with E-state index < -0.39 is 0 Å². The predicted octanol–water partition coefficient (Wildman–Crippen LogP) is 17.9. The van der Waals surface area contributed by atoms with Crippen LogP contribution in [0.15, 0.2) is 150 Å². The minimum atomic E-state index is -0.0509. The summed E-state index contributed by atoms with van der Waals surface area (Å²) in [6.45, 7) is 25.7. The summed E-state index contributed by atoms with van der Waals surface area (Å²) in [7, 11) is 0. The Bertz CT molecular complexity index is 3550. The monoisotopic (exact) mass is 842 g/mol. The lowest BCUT2D eigenvalue weighted by Gasteiger charge is -2.27. The van der Waals surface area contributed by atoms with Crippen LogP contribution in [0, 0.1) is 0 Å². The molecule has 0 atom stereocenters. The molecule has 1 nitrogen and oxygen atoms in total. The maximum absolute atomic E-state index is 15.0. The zero-order valence-electron chi connectivity index (χ0n) is 39.8. The highest BCUT2D eigenvalue weighted by Crippen LogP contribution is 2.58. The molecule has 0 spiro atoms. The molecule has 1 heteroatoms. The summed E-state index contributed by atoms with van der Waals surface area (Å²) < 4.78 is 0. The smallest absolute Gasteiger partial charge is 0.195 e. The van der Waals surface area contributed by atoms with Gasteiger partial charge in [-0.25, -0.2) is 0 Å². The Balaban J connectivity index is 1.39. The second kappa shape index (κ2) is 14.2. The highest BCUT2D eigenvalue weighted by Gasteiger charge is 2.34. The average Bonchev–Trinajstić information content (AvgIpc) is 3.88. The molecule has 0 amide bonds. The Hall–Kier alpha value is -6.57. The van der Waals surface area contributed by atoms with Crippen molar-refractivity contribution in [2.24, 2.45) is 0 Å². The molecule has 0 heterocycles. The van der Waals surface area contributed by atoms with Gasteiger partial charge >= 0.3 is 0 Å². The van der Waals surface area contributed by atoms with Gasteiger partial charge in [0.2, 0.25) is 0 Å². The number of hydrogen-bond acceptors (Lipinski definition) is 1. The maximum Gasteiger partial charge on any atom is 0.195 e. The van der Waals surface area contributed by atoms with Crippen LogP contribution in [-0.2, 0) is 16.2 Å². The van der Waals surface area contributed by atoms with Gasteiger partial charge in [0.15, 0.2) is 5.43 Å². The van der Waals surface area contributed by atoms with Crippen LogP contribution in [-0.4, -0.2) is 0 Å². The van der Waals surface area contributed by atoms with Crippen molar-refractivity contribution < 1.29 is 0 Å². The molecule has 0 aromatic heterocycles. The topological polar surface area (TPSA) is 17.1 Å². The van der Waals surface area contributed by atoms with Crippen molar-refractivity contribution in [2.75, 3.05) is 0 Å². The van der Waals surface area contributed by atoms with Gasteiger partial charge in [-0.15, -0.1) is 0 Å². The van der Waals surface area contributed by atoms with Crippen molar-refractivity contribution in [1.29, 1.82) is 0 Å². The average molecular weight is 843 g/mol. The Kier molecular flexibility index (Phi) is 9.00. The summed E-state index contributed by atoms with van der Waals surface area (Å²) in [5, 5.41) is 12.5. The van der Waals surface area contributed by atoms with Crippen LogP contribution in [0.25, 0.3) is 109 Å². The van der Waals surface area contributed by atoms with Crippen LogP contribution in [0.5, 0.6) is 0 Å². The van der Waals surface area contributed by atoms with Gasteiger partial charge in [-0.2, -0.15) is 0 Å². The zero-order valence-corrected chi connectivity index (χ0v) is 39.8. The molecular formula is C64H58O. The molecule has 65 heavy (non-hydrogen) atoms. The fourth-order valence-electron chi connectivity index (χ4n) is 11.0. The van der Waals surface area contributed by atoms with Gasteiger partial charge in [0, 0.05) is 22.3 Å².